The minimum atomic E-state index is 0. The first-order chi connectivity index (χ1) is 24.5. The van der Waals surface area contributed by atoms with Gasteiger partial charge in [0.1, 0.15) is 11.5 Å². The largest absolute Gasteiger partial charge is 2.00 e. The standard InChI is InChI=1S/2C11H16O.2C10H9.C7H8Si.Zr/c2*1-8-5-6-10(12)9(7-8)11(2,3)4;2*1-8-6-9-4-2-3-5-10(9)7-8;1-8-7-5-3-2-4-6-7;/h2*5-7,12H,1-4H3;2*2-7H,1H3;2-6H,1H3;/q;;2*-1;;+2. The second-order valence-corrected chi connectivity index (χ2v) is 16.6. The molecule has 0 heterocycles. The van der Waals surface area contributed by atoms with E-state index in [-0.39, 0.29) is 37.0 Å². The molecule has 0 fully saturated rings. The second-order valence-electron chi connectivity index (χ2n) is 15.5. The average Bonchev–Trinajstić information content (AvgIpc) is 3.68. The van der Waals surface area contributed by atoms with Gasteiger partial charge in [-0.25, -0.2) is 0 Å². The fraction of sp³-hybridized carbons (Fsp3) is 0.265. The minimum Gasteiger partial charge on any atom is -0.508 e. The van der Waals surface area contributed by atoms with Crippen molar-refractivity contribution in [2.45, 2.75) is 86.6 Å². The maximum Gasteiger partial charge on any atom is 2.00 e. The average molecular weight is 798 g/mol. The Kier molecular flexibility index (Phi) is 17.9. The Bertz CT molecular complexity index is 1910. The van der Waals surface area contributed by atoms with E-state index in [2.05, 4.69) is 159 Å². The van der Waals surface area contributed by atoms with Gasteiger partial charge in [0.05, 0.1) is 9.52 Å². The topological polar surface area (TPSA) is 40.5 Å². The number of rotatable bonds is 1. The molecule has 0 saturated heterocycles. The number of aryl methyl sites for hydroxylation is 4. The van der Waals surface area contributed by atoms with Crippen LogP contribution < -0.4 is 5.19 Å². The third-order valence-electron chi connectivity index (χ3n) is 8.51. The molecule has 7 rings (SSSR count). The van der Waals surface area contributed by atoms with Crippen molar-refractivity contribution in [1.82, 2.24) is 0 Å². The summed E-state index contributed by atoms with van der Waals surface area (Å²) >= 11 is 0. The molecule has 0 bridgehead atoms. The summed E-state index contributed by atoms with van der Waals surface area (Å²) < 4.78 is 0. The molecule has 274 valence electrons. The second kappa shape index (κ2) is 21.0. The Hall–Kier alpha value is -3.98. The Labute approximate surface area is 341 Å². The first-order valence-corrected chi connectivity index (χ1v) is 19.5. The van der Waals surface area contributed by atoms with Crippen LogP contribution in [0, 0.1) is 27.7 Å². The van der Waals surface area contributed by atoms with Crippen LogP contribution in [0.5, 0.6) is 11.5 Å². The van der Waals surface area contributed by atoms with Gasteiger partial charge in [-0.1, -0.05) is 145 Å². The summed E-state index contributed by atoms with van der Waals surface area (Å²) in [6.07, 6.45) is 0. The van der Waals surface area contributed by atoms with Crippen molar-refractivity contribution >= 4 is 36.3 Å². The van der Waals surface area contributed by atoms with E-state index in [4.69, 9.17) is 0 Å². The zero-order valence-electron chi connectivity index (χ0n) is 33.7. The fourth-order valence-corrected chi connectivity index (χ4v) is 6.24. The van der Waals surface area contributed by atoms with Crippen LogP contribution in [-0.4, -0.2) is 19.7 Å². The molecule has 0 aliphatic heterocycles. The number of hydrogen-bond acceptors (Lipinski definition) is 2. The molecular weight excluding hydrogens is 740 g/mol. The predicted octanol–water partition coefficient (Wildman–Crippen LogP) is 12.8. The molecule has 2 nitrogen and oxygen atoms in total. The van der Waals surface area contributed by atoms with Crippen LogP contribution in [0.2, 0.25) is 6.55 Å². The number of phenols is 2. The Balaban J connectivity index is 0.000000229. The van der Waals surface area contributed by atoms with Crippen molar-refractivity contribution in [3.05, 3.63) is 173 Å². The van der Waals surface area contributed by atoms with E-state index in [1.54, 1.807) is 12.1 Å². The van der Waals surface area contributed by atoms with E-state index < -0.39 is 0 Å². The number of fused-ring (bicyclic) bond motifs is 2. The molecule has 0 spiro atoms. The van der Waals surface area contributed by atoms with Crippen LogP contribution >= 0.6 is 0 Å². The zero-order valence-corrected chi connectivity index (χ0v) is 37.1. The van der Waals surface area contributed by atoms with Crippen LogP contribution in [0.15, 0.2) is 140 Å². The van der Waals surface area contributed by atoms with E-state index in [0.29, 0.717) is 11.5 Å². The molecule has 0 aromatic heterocycles. The molecule has 0 aliphatic carbocycles. The van der Waals surface area contributed by atoms with Gasteiger partial charge in [-0.15, -0.1) is 81.2 Å². The predicted molar refractivity (Wildman–Crippen MR) is 229 cm³/mol. The van der Waals surface area contributed by atoms with Crippen molar-refractivity contribution < 1.29 is 36.4 Å². The molecule has 0 atom stereocenters. The van der Waals surface area contributed by atoms with Crippen LogP contribution in [0.25, 0.3) is 21.5 Å². The molecule has 7 aromatic carbocycles. The molecule has 7 aromatic rings. The first kappa shape index (κ1) is 45.2. The third-order valence-corrected chi connectivity index (χ3v) is 9.42. The van der Waals surface area contributed by atoms with Crippen LogP contribution in [0.1, 0.15) is 74.9 Å². The van der Waals surface area contributed by atoms with Crippen molar-refractivity contribution in [3.8, 4) is 11.5 Å². The van der Waals surface area contributed by atoms with Gasteiger partial charge < -0.3 is 10.2 Å². The zero-order chi connectivity index (χ0) is 38.5. The van der Waals surface area contributed by atoms with Gasteiger partial charge in [-0.05, 0) is 47.9 Å². The van der Waals surface area contributed by atoms with E-state index in [9.17, 15) is 10.2 Å². The maximum atomic E-state index is 9.57. The molecule has 0 amide bonds. The van der Waals surface area contributed by atoms with Crippen molar-refractivity contribution in [1.29, 1.82) is 0 Å². The van der Waals surface area contributed by atoms with E-state index in [1.165, 1.54) is 49.0 Å². The van der Waals surface area contributed by atoms with E-state index in [1.807, 2.05) is 44.2 Å². The van der Waals surface area contributed by atoms with Gasteiger partial charge in [-0.3, -0.25) is 0 Å². The molecule has 4 heteroatoms. The Morgan fingerprint density at radius 1 is 0.472 bits per heavy atom. The molecular formula is C49H58O2SiZr. The van der Waals surface area contributed by atoms with E-state index in [0.717, 1.165) is 20.6 Å². The Morgan fingerprint density at radius 2 is 0.830 bits per heavy atom. The number of phenolic OH excluding ortho intramolecular Hbond substituents is 2. The third kappa shape index (κ3) is 15.1. The molecule has 0 unspecified atom stereocenters. The van der Waals surface area contributed by atoms with Crippen LogP contribution in [0.3, 0.4) is 0 Å². The fourth-order valence-electron chi connectivity index (χ4n) is 5.72. The Morgan fingerprint density at radius 3 is 1.13 bits per heavy atom. The molecule has 53 heavy (non-hydrogen) atoms. The number of aromatic hydroxyl groups is 2. The SMILES string of the molecule is C[Si]c1ccccc1.Cc1cc2ccccc2[cH-]1.Cc1cc2ccccc2[cH-]1.Cc1ccc(O)c(C(C)(C)C)c1.Cc1ccc(O)c(C(C)(C)C)c1.[Zr+2]. The normalized spacial score (nSPS) is 10.6. The number of benzene rings is 5. The van der Waals surface area contributed by atoms with Crippen molar-refractivity contribution in [2.24, 2.45) is 0 Å². The maximum absolute atomic E-state index is 9.57. The quantitative estimate of drug-likeness (QED) is 0.128. The summed E-state index contributed by atoms with van der Waals surface area (Å²) in [5.74, 6) is 0.793. The molecule has 2 radical (unpaired) electrons. The summed E-state index contributed by atoms with van der Waals surface area (Å²) in [6.45, 7) is 23.1. The smallest absolute Gasteiger partial charge is 0.508 e. The van der Waals surface area contributed by atoms with E-state index >= 15 is 0 Å². The summed E-state index contributed by atoms with van der Waals surface area (Å²) in [6, 6.07) is 47.6. The van der Waals surface area contributed by atoms with Crippen molar-refractivity contribution in [3.63, 3.8) is 0 Å². The van der Waals surface area contributed by atoms with Gasteiger partial charge >= 0.3 is 26.2 Å². The van der Waals surface area contributed by atoms with Crippen LogP contribution in [0.4, 0.5) is 0 Å². The van der Waals surface area contributed by atoms with Gasteiger partial charge in [0.15, 0.2) is 0 Å². The molecule has 2 N–H and O–H groups in total. The minimum absolute atomic E-state index is 0. The summed E-state index contributed by atoms with van der Waals surface area (Å²) in [5.41, 5.74) is 7.16. The molecule has 0 saturated carbocycles. The van der Waals surface area contributed by atoms with Gasteiger partial charge in [0.2, 0.25) is 0 Å². The summed E-state index contributed by atoms with van der Waals surface area (Å²) in [5, 5.41) is 26.0. The van der Waals surface area contributed by atoms with Gasteiger partial charge in [0.25, 0.3) is 0 Å². The van der Waals surface area contributed by atoms with Crippen molar-refractivity contribution in [2.75, 3.05) is 0 Å². The van der Waals surface area contributed by atoms with Gasteiger partial charge in [0, 0.05) is 0 Å². The number of hydrogen-bond donors (Lipinski definition) is 2. The summed E-state index contributed by atoms with van der Waals surface area (Å²) in [7, 11) is 0.930. The van der Waals surface area contributed by atoms with Crippen LogP contribution in [-0.2, 0) is 37.0 Å². The van der Waals surface area contributed by atoms with Gasteiger partial charge in [-0.2, -0.15) is 12.1 Å². The molecule has 0 aliphatic rings. The summed E-state index contributed by atoms with van der Waals surface area (Å²) in [4.78, 5) is 0. The first-order valence-electron chi connectivity index (χ1n) is 18.0. The monoisotopic (exact) mass is 796 g/mol.